The molecule has 1 aromatic heterocycles. The summed E-state index contributed by atoms with van der Waals surface area (Å²) >= 11 is 0. The van der Waals surface area contributed by atoms with Crippen LogP contribution in [0.5, 0.6) is 0 Å². The van der Waals surface area contributed by atoms with E-state index < -0.39 is 0 Å². The van der Waals surface area contributed by atoms with Gasteiger partial charge in [0.2, 0.25) is 5.91 Å². The number of nitrogens with zero attached hydrogens (tertiary/aromatic N) is 1. The van der Waals surface area contributed by atoms with Crippen LogP contribution in [0.1, 0.15) is 12.5 Å². The predicted molar refractivity (Wildman–Crippen MR) is 68.7 cm³/mol. The van der Waals surface area contributed by atoms with Crippen LogP contribution in [0.15, 0.2) is 42.6 Å². The van der Waals surface area contributed by atoms with Gasteiger partial charge in [0, 0.05) is 24.4 Å². The SMILES string of the molecule is CC(=O)Nc1cccc(-c2cc(C)ccn2)c1. The summed E-state index contributed by atoms with van der Waals surface area (Å²) in [5.41, 5.74) is 3.87. The molecule has 3 heteroatoms. The Balaban J connectivity index is 2.36. The first-order valence-electron chi connectivity index (χ1n) is 5.46. The molecule has 0 unspecified atom stereocenters. The number of hydrogen-bond donors (Lipinski definition) is 1. The third kappa shape index (κ3) is 2.91. The number of benzene rings is 1. The van der Waals surface area contributed by atoms with Gasteiger partial charge in [0.15, 0.2) is 0 Å². The smallest absolute Gasteiger partial charge is 0.221 e. The van der Waals surface area contributed by atoms with Gasteiger partial charge in [0.25, 0.3) is 0 Å². The van der Waals surface area contributed by atoms with E-state index in [1.165, 1.54) is 12.5 Å². The predicted octanol–water partition coefficient (Wildman–Crippen LogP) is 3.02. The van der Waals surface area contributed by atoms with E-state index in [4.69, 9.17) is 0 Å². The van der Waals surface area contributed by atoms with Crippen molar-refractivity contribution in [3.8, 4) is 11.3 Å². The molecule has 0 bridgehead atoms. The monoisotopic (exact) mass is 226 g/mol. The average Bonchev–Trinajstić information content (AvgIpc) is 2.28. The highest BCUT2D eigenvalue weighted by atomic mass is 16.1. The average molecular weight is 226 g/mol. The van der Waals surface area contributed by atoms with Gasteiger partial charge in [0.1, 0.15) is 0 Å². The van der Waals surface area contributed by atoms with Gasteiger partial charge in [-0.25, -0.2) is 0 Å². The minimum Gasteiger partial charge on any atom is -0.326 e. The van der Waals surface area contributed by atoms with Crippen molar-refractivity contribution >= 4 is 11.6 Å². The molecule has 1 N–H and O–H groups in total. The summed E-state index contributed by atoms with van der Waals surface area (Å²) in [7, 11) is 0. The quantitative estimate of drug-likeness (QED) is 0.855. The Morgan fingerprint density at radius 1 is 1.24 bits per heavy atom. The fraction of sp³-hybridized carbons (Fsp3) is 0.143. The van der Waals surface area contributed by atoms with E-state index in [1.807, 2.05) is 43.3 Å². The Labute approximate surface area is 101 Å². The largest absolute Gasteiger partial charge is 0.326 e. The molecule has 0 aliphatic heterocycles. The topological polar surface area (TPSA) is 42.0 Å². The van der Waals surface area contributed by atoms with Gasteiger partial charge in [-0.15, -0.1) is 0 Å². The van der Waals surface area contributed by atoms with Crippen molar-refractivity contribution in [2.75, 3.05) is 5.32 Å². The van der Waals surface area contributed by atoms with Crippen molar-refractivity contribution in [3.63, 3.8) is 0 Å². The molecule has 0 aliphatic rings. The minimum atomic E-state index is -0.0700. The summed E-state index contributed by atoms with van der Waals surface area (Å²) < 4.78 is 0. The van der Waals surface area contributed by atoms with E-state index in [0.29, 0.717) is 0 Å². The second-order valence-electron chi connectivity index (χ2n) is 3.98. The highest BCUT2D eigenvalue weighted by molar-refractivity contribution is 5.89. The summed E-state index contributed by atoms with van der Waals surface area (Å²) in [5.74, 6) is -0.0700. The number of aryl methyl sites for hydroxylation is 1. The number of carbonyl (C=O) groups is 1. The number of nitrogens with one attached hydrogen (secondary N) is 1. The van der Waals surface area contributed by atoms with Crippen LogP contribution >= 0.6 is 0 Å². The van der Waals surface area contributed by atoms with Crippen LogP contribution in [-0.2, 0) is 4.79 Å². The normalized spacial score (nSPS) is 10.0. The Hall–Kier alpha value is -2.16. The van der Waals surface area contributed by atoms with Gasteiger partial charge in [-0.05, 0) is 36.8 Å². The van der Waals surface area contributed by atoms with Crippen molar-refractivity contribution < 1.29 is 4.79 Å². The zero-order valence-electron chi connectivity index (χ0n) is 9.90. The van der Waals surface area contributed by atoms with Crippen LogP contribution in [0.2, 0.25) is 0 Å². The van der Waals surface area contributed by atoms with Crippen LogP contribution in [0.4, 0.5) is 5.69 Å². The second kappa shape index (κ2) is 4.78. The maximum Gasteiger partial charge on any atom is 0.221 e. The molecule has 1 aromatic carbocycles. The van der Waals surface area contributed by atoms with Crippen LogP contribution < -0.4 is 5.32 Å². The summed E-state index contributed by atoms with van der Waals surface area (Å²) in [6.45, 7) is 3.53. The van der Waals surface area contributed by atoms with Gasteiger partial charge >= 0.3 is 0 Å². The van der Waals surface area contributed by atoms with Crippen molar-refractivity contribution in [2.45, 2.75) is 13.8 Å². The van der Waals surface area contributed by atoms with Crippen molar-refractivity contribution in [1.82, 2.24) is 4.98 Å². The van der Waals surface area contributed by atoms with Gasteiger partial charge < -0.3 is 5.32 Å². The van der Waals surface area contributed by atoms with E-state index in [1.54, 1.807) is 6.20 Å². The summed E-state index contributed by atoms with van der Waals surface area (Å²) in [5, 5.41) is 2.76. The molecule has 2 rings (SSSR count). The number of anilines is 1. The third-order valence-electron chi connectivity index (χ3n) is 2.39. The maximum absolute atomic E-state index is 11.0. The van der Waals surface area contributed by atoms with Crippen LogP contribution in [0, 0.1) is 6.92 Å². The Morgan fingerprint density at radius 3 is 2.76 bits per heavy atom. The van der Waals surface area contributed by atoms with Crippen LogP contribution in [0.25, 0.3) is 11.3 Å². The lowest BCUT2D eigenvalue weighted by molar-refractivity contribution is -0.114. The molecule has 1 amide bonds. The molecule has 3 nitrogen and oxygen atoms in total. The van der Waals surface area contributed by atoms with E-state index in [2.05, 4.69) is 10.3 Å². The molecule has 0 spiro atoms. The van der Waals surface area contributed by atoms with Gasteiger partial charge in [-0.1, -0.05) is 12.1 Å². The highest BCUT2D eigenvalue weighted by Crippen LogP contribution is 2.21. The number of pyridine rings is 1. The summed E-state index contributed by atoms with van der Waals surface area (Å²) in [6, 6.07) is 11.6. The molecule has 0 saturated carbocycles. The van der Waals surface area contributed by atoms with E-state index in [9.17, 15) is 4.79 Å². The van der Waals surface area contributed by atoms with Crippen LogP contribution in [0.3, 0.4) is 0 Å². The third-order valence-corrected chi connectivity index (χ3v) is 2.39. The standard InChI is InChI=1S/C14H14N2O/c1-10-6-7-15-14(8-10)12-4-3-5-13(9-12)16-11(2)17/h3-9H,1-2H3,(H,16,17). The minimum absolute atomic E-state index is 0.0700. The summed E-state index contributed by atoms with van der Waals surface area (Å²) in [6.07, 6.45) is 1.79. The van der Waals surface area contributed by atoms with E-state index in [-0.39, 0.29) is 5.91 Å². The molecule has 0 fully saturated rings. The molecule has 1 heterocycles. The Kier molecular flexibility index (Phi) is 3.19. The molecule has 86 valence electrons. The first-order chi connectivity index (χ1) is 8.15. The fourth-order valence-electron chi connectivity index (χ4n) is 1.65. The Bertz CT molecular complexity index is 549. The first-order valence-corrected chi connectivity index (χ1v) is 5.46. The molecule has 0 aliphatic carbocycles. The number of carbonyl (C=O) groups excluding carboxylic acids is 1. The number of aromatic nitrogens is 1. The first kappa shape index (κ1) is 11.3. The van der Waals surface area contributed by atoms with Crippen molar-refractivity contribution in [2.24, 2.45) is 0 Å². The molecule has 0 radical (unpaired) electrons. The van der Waals surface area contributed by atoms with Gasteiger partial charge in [-0.2, -0.15) is 0 Å². The molecular formula is C14H14N2O. The van der Waals surface area contributed by atoms with Crippen LogP contribution in [-0.4, -0.2) is 10.9 Å². The van der Waals surface area contributed by atoms with Gasteiger partial charge in [-0.3, -0.25) is 9.78 Å². The Morgan fingerprint density at radius 2 is 2.06 bits per heavy atom. The second-order valence-corrected chi connectivity index (χ2v) is 3.98. The molecule has 2 aromatic rings. The maximum atomic E-state index is 11.0. The lowest BCUT2D eigenvalue weighted by Gasteiger charge is -2.05. The van der Waals surface area contributed by atoms with Gasteiger partial charge in [0.05, 0.1) is 5.69 Å². The number of amides is 1. The number of hydrogen-bond acceptors (Lipinski definition) is 2. The summed E-state index contributed by atoms with van der Waals surface area (Å²) in [4.78, 5) is 15.3. The van der Waals surface area contributed by atoms with E-state index >= 15 is 0 Å². The highest BCUT2D eigenvalue weighted by Gasteiger charge is 2.01. The zero-order chi connectivity index (χ0) is 12.3. The fourth-order valence-corrected chi connectivity index (χ4v) is 1.65. The molecule has 0 atom stereocenters. The lowest BCUT2D eigenvalue weighted by Crippen LogP contribution is -2.05. The molecule has 0 saturated heterocycles. The zero-order valence-corrected chi connectivity index (χ0v) is 9.90. The van der Waals surface area contributed by atoms with E-state index in [0.717, 1.165) is 16.9 Å². The molecule has 17 heavy (non-hydrogen) atoms. The van der Waals surface area contributed by atoms with Crippen molar-refractivity contribution in [3.05, 3.63) is 48.2 Å². The van der Waals surface area contributed by atoms with Crippen molar-refractivity contribution in [1.29, 1.82) is 0 Å². The number of rotatable bonds is 2. The molecular weight excluding hydrogens is 212 g/mol. The lowest BCUT2D eigenvalue weighted by atomic mass is 10.1.